The van der Waals surface area contributed by atoms with Crippen LogP contribution in [-0.4, -0.2) is 23.7 Å². The second-order valence-electron chi connectivity index (χ2n) is 3.07. The van der Waals surface area contributed by atoms with Crippen molar-refractivity contribution in [2.75, 3.05) is 6.54 Å². The summed E-state index contributed by atoms with van der Waals surface area (Å²) >= 11 is 0. The quantitative estimate of drug-likeness (QED) is 0.757. The SMILES string of the molecule is CC(O)CNC(=O)c1ccc(F)cc1. The van der Waals surface area contributed by atoms with Crippen LogP contribution in [0, 0.1) is 5.82 Å². The molecule has 0 radical (unpaired) electrons. The van der Waals surface area contributed by atoms with E-state index in [1.54, 1.807) is 6.92 Å². The van der Waals surface area contributed by atoms with Crippen LogP contribution in [0.1, 0.15) is 17.3 Å². The summed E-state index contributed by atoms with van der Waals surface area (Å²) in [6.07, 6.45) is -0.584. The number of aliphatic hydroxyl groups is 1. The highest BCUT2D eigenvalue weighted by atomic mass is 19.1. The van der Waals surface area contributed by atoms with Crippen LogP contribution in [0.3, 0.4) is 0 Å². The van der Waals surface area contributed by atoms with Crippen molar-refractivity contribution in [2.45, 2.75) is 13.0 Å². The Kier molecular flexibility index (Phi) is 3.59. The van der Waals surface area contributed by atoms with Gasteiger partial charge in [-0.25, -0.2) is 4.39 Å². The molecule has 0 aliphatic rings. The Morgan fingerprint density at radius 2 is 2.07 bits per heavy atom. The number of carbonyl (C=O) groups is 1. The fourth-order valence-corrected chi connectivity index (χ4v) is 0.944. The third-order valence-electron chi connectivity index (χ3n) is 1.66. The van der Waals surface area contributed by atoms with Crippen LogP contribution in [0.2, 0.25) is 0 Å². The van der Waals surface area contributed by atoms with Gasteiger partial charge in [0.05, 0.1) is 6.10 Å². The maximum atomic E-state index is 12.5. The maximum Gasteiger partial charge on any atom is 0.251 e. The lowest BCUT2D eigenvalue weighted by atomic mass is 10.2. The number of hydrogen-bond donors (Lipinski definition) is 2. The van der Waals surface area contributed by atoms with Crippen molar-refractivity contribution in [3.05, 3.63) is 35.6 Å². The highest BCUT2D eigenvalue weighted by Gasteiger charge is 2.05. The van der Waals surface area contributed by atoms with Gasteiger partial charge in [-0.05, 0) is 31.2 Å². The molecule has 3 nitrogen and oxygen atoms in total. The molecule has 1 aromatic rings. The minimum atomic E-state index is -0.584. The van der Waals surface area contributed by atoms with E-state index in [-0.39, 0.29) is 18.3 Å². The highest BCUT2D eigenvalue weighted by Crippen LogP contribution is 2.02. The first-order valence-corrected chi connectivity index (χ1v) is 4.31. The molecule has 0 aliphatic heterocycles. The monoisotopic (exact) mass is 197 g/mol. The van der Waals surface area contributed by atoms with Crippen LogP contribution in [-0.2, 0) is 0 Å². The van der Waals surface area contributed by atoms with Crippen molar-refractivity contribution in [1.29, 1.82) is 0 Å². The van der Waals surface area contributed by atoms with Gasteiger partial charge in [0, 0.05) is 12.1 Å². The number of nitrogens with one attached hydrogen (secondary N) is 1. The number of hydrogen-bond acceptors (Lipinski definition) is 2. The largest absolute Gasteiger partial charge is 0.392 e. The van der Waals surface area contributed by atoms with Gasteiger partial charge in [-0.1, -0.05) is 0 Å². The molecule has 0 spiro atoms. The molecule has 0 aliphatic carbocycles. The number of amides is 1. The molecule has 2 N–H and O–H groups in total. The van der Waals surface area contributed by atoms with Crippen LogP contribution in [0.5, 0.6) is 0 Å². The molecule has 1 unspecified atom stereocenters. The molecule has 0 saturated heterocycles. The highest BCUT2D eigenvalue weighted by molar-refractivity contribution is 5.94. The molecule has 1 aromatic carbocycles. The summed E-state index contributed by atoms with van der Waals surface area (Å²) in [6, 6.07) is 5.23. The molecule has 76 valence electrons. The fraction of sp³-hybridized carbons (Fsp3) is 0.300. The Morgan fingerprint density at radius 1 is 1.50 bits per heavy atom. The molecular weight excluding hydrogens is 185 g/mol. The van der Waals surface area contributed by atoms with Crippen molar-refractivity contribution < 1.29 is 14.3 Å². The zero-order valence-corrected chi connectivity index (χ0v) is 7.83. The van der Waals surface area contributed by atoms with E-state index in [1.807, 2.05) is 0 Å². The van der Waals surface area contributed by atoms with Crippen molar-refractivity contribution >= 4 is 5.91 Å². The molecule has 0 heterocycles. The first-order chi connectivity index (χ1) is 6.59. The standard InChI is InChI=1S/C10H12FNO2/c1-7(13)6-12-10(14)8-2-4-9(11)5-3-8/h2-5,7,13H,6H2,1H3,(H,12,14). The van der Waals surface area contributed by atoms with Gasteiger partial charge in [-0.15, -0.1) is 0 Å². The van der Waals surface area contributed by atoms with Crippen molar-refractivity contribution in [3.8, 4) is 0 Å². The normalized spacial score (nSPS) is 12.2. The molecule has 1 rings (SSSR count). The van der Waals surface area contributed by atoms with Gasteiger partial charge in [0.25, 0.3) is 5.91 Å². The van der Waals surface area contributed by atoms with E-state index in [9.17, 15) is 9.18 Å². The van der Waals surface area contributed by atoms with E-state index in [4.69, 9.17) is 5.11 Å². The Hall–Kier alpha value is -1.42. The van der Waals surface area contributed by atoms with Gasteiger partial charge >= 0.3 is 0 Å². The Labute approximate surface area is 81.6 Å². The Bertz CT molecular complexity index is 308. The molecule has 0 fully saturated rings. The van der Waals surface area contributed by atoms with Crippen LogP contribution in [0.25, 0.3) is 0 Å². The number of rotatable bonds is 3. The molecular formula is C10H12FNO2. The maximum absolute atomic E-state index is 12.5. The molecule has 0 aromatic heterocycles. The second-order valence-corrected chi connectivity index (χ2v) is 3.07. The van der Waals surface area contributed by atoms with E-state index in [0.717, 1.165) is 0 Å². The van der Waals surface area contributed by atoms with E-state index < -0.39 is 6.10 Å². The van der Waals surface area contributed by atoms with E-state index in [1.165, 1.54) is 24.3 Å². The fourth-order valence-electron chi connectivity index (χ4n) is 0.944. The van der Waals surface area contributed by atoms with Crippen molar-refractivity contribution in [1.82, 2.24) is 5.32 Å². The third kappa shape index (κ3) is 3.14. The zero-order valence-electron chi connectivity index (χ0n) is 7.83. The number of aliphatic hydroxyl groups excluding tert-OH is 1. The van der Waals surface area contributed by atoms with Crippen LogP contribution < -0.4 is 5.32 Å². The average molecular weight is 197 g/mol. The lowest BCUT2D eigenvalue weighted by Crippen LogP contribution is -2.30. The lowest BCUT2D eigenvalue weighted by Gasteiger charge is -2.06. The number of benzene rings is 1. The summed E-state index contributed by atoms with van der Waals surface area (Å²) in [5.41, 5.74) is 0.382. The summed E-state index contributed by atoms with van der Waals surface area (Å²) in [5.74, 6) is -0.692. The minimum absolute atomic E-state index is 0.191. The first-order valence-electron chi connectivity index (χ1n) is 4.31. The Morgan fingerprint density at radius 3 is 2.57 bits per heavy atom. The molecule has 0 saturated carbocycles. The third-order valence-corrected chi connectivity index (χ3v) is 1.66. The Balaban J connectivity index is 2.57. The summed E-state index contributed by atoms with van der Waals surface area (Å²) in [6.45, 7) is 1.77. The van der Waals surface area contributed by atoms with Gasteiger partial charge in [-0.2, -0.15) is 0 Å². The van der Waals surface area contributed by atoms with Gasteiger partial charge in [0.1, 0.15) is 5.82 Å². The van der Waals surface area contributed by atoms with E-state index in [0.29, 0.717) is 5.56 Å². The molecule has 1 atom stereocenters. The lowest BCUT2D eigenvalue weighted by molar-refractivity contribution is 0.0924. The number of carbonyl (C=O) groups excluding carboxylic acids is 1. The summed E-state index contributed by atoms with van der Waals surface area (Å²) in [7, 11) is 0. The van der Waals surface area contributed by atoms with Crippen LogP contribution in [0.4, 0.5) is 4.39 Å². The minimum Gasteiger partial charge on any atom is -0.392 e. The second kappa shape index (κ2) is 4.72. The van der Waals surface area contributed by atoms with Crippen molar-refractivity contribution in [3.63, 3.8) is 0 Å². The van der Waals surface area contributed by atoms with Gasteiger partial charge in [0.15, 0.2) is 0 Å². The predicted molar refractivity (Wildman–Crippen MR) is 50.4 cm³/mol. The van der Waals surface area contributed by atoms with E-state index >= 15 is 0 Å². The molecule has 14 heavy (non-hydrogen) atoms. The molecule has 1 amide bonds. The van der Waals surface area contributed by atoms with Crippen LogP contribution in [0.15, 0.2) is 24.3 Å². The topological polar surface area (TPSA) is 49.3 Å². The van der Waals surface area contributed by atoms with Crippen molar-refractivity contribution in [2.24, 2.45) is 0 Å². The summed E-state index contributed by atoms with van der Waals surface area (Å²) in [4.78, 5) is 11.3. The van der Waals surface area contributed by atoms with E-state index in [2.05, 4.69) is 5.32 Å². The van der Waals surface area contributed by atoms with Gasteiger partial charge in [-0.3, -0.25) is 4.79 Å². The zero-order chi connectivity index (χ0) is 10.6. The summed E-state index contributed by atoms with van der Waals surface area (Å²) < 4.78 is 12.5. The first kappa shape index (κ1) is 10.7. The smallest absolute Gasteiger partial charge is 0.251 e. The molecule has 0 bridgehead atoms. The number of halogens is 1. The average Bonchev–Trinajstić information content (AvgIpc) is 2.15. The van der Waals surface area contributed by atoms with Gasteiger partial charge < -0.3 is 10.4 Å². The van der Waals surface area contributed by atoms with Gasteiger partial charge in [0.2, 0.25) is 0 Å². The van der Waals surface area contributed by atoms with Crippen LogP contribution >= 0.6 is 0 Å². The molecule has 4 heteroatoms. The summed E-state index contributed by atoms with van der Waals surface area (Å²) in [5, 5.41) is 11.4. The predicted octanol–water partition coefficient (Wildman–Crippen LogP) is 0.936.